The van der Waals surface area contributed by atoms with Crippen molar-refractivity contribution in [3.63, 3.8) is 0 Å². The van der Waals surface area contributed by atoms with Crippen molar-refractivity contribution in [1.82, 2.24) is 0 Å². The van der Waals surface area contributed by atoms with Crippen LogP contribution >= 0.6 is 0 Å². The van der Waals surface area contributed by atoms with Gasteiger partial charge in [0.05, 0.1) is 13.5 Å². The lowest BCUT2D eigenvalue weighted by Gasteiger charge is -2.07. The van der Waals surface area contributed by atoms with E-state index in [2.05, 4.69) is 5.32 Å². The molecular weight excluding hydrogens is 245 g/mol. The lowest BCUT2D eigenvalue weighted by Crippen LogP contribution is -2.15. The molecule has 1 amide bonds. The van der Waals surface area contributed by atoms with Crippen LogP contribution in [0.1, 0.15) is 5.56 Å². The van der Waals surface area contributed by atoms with E-state index >= 15 is 0 Å². The second kappa shape index (κ2) is 6.00. The largest absolute Gasteiger partial charge is 0.497 e. The summed E-state index contributed by atoms with van der Waals surface area (Å²) in [6.07, 6.45) is 0.0126. The fourth-order valence-corrected chi connectivity index (χ4v) is 1.69. The van der Waals surface area contributed by atoms with Gasteiger partial charge in [0.1, 0.15) is 11.6 Å². The number of rotatable bonds is 4. The van der Waals surface area contributed by atoms with Crippen LogP contribution in [0.2, 0.25) is 0 Å². The molecule has 0 atom stereocenters. The van der Waals surface area contributed by atoms with Gasteiger partial charge in [0, 0.05) is 5.69 Å². The van der Waals surface area contributed by atoms with E-state index in [1.54, 1.807) is 49.6 Å². The molecule has 0 aromatic heterocycles. The number of nitrogens with one attached hydrogen (secondary N) is 1. The van der Waals surface area contributed by atoms with E-state index in [1.165, 1.54) is 6.07 Å². The molecule has 4 heteroatoms. The zero-order valence-corrected chi connectivity index (χ0v) is 10.5. The monoisotopic (exact) mass is 259 g/mol. The highest BCUT2D eigenvalue weighted by atomic mass is 19.1. The highest BCUT2D eigenvalue weighted by molar-refractivity contribution is 5.92. The molecule has 2 rings (SSSR count). The molecule has 2 aromatic rings. The van der Waals surface area contributed by atoms with Gasteiger partial charge in [0.15, 0.2) is 0 Å². The van der Waals surface area contributed by atoms with Crippen molar-refractivity contribution in [2.24, 2.45) is 0 Å². The molecule has 1 N–H and O–H groups in total. The molecule has 0 aliphatic heterocycles. The third kappa shape index (κ3) is 3.55. The third-order valence-electron chi connectivity index (χ3n) is 2.68. The average Bonchev–Trinajstić information content (AvgIpc) is 2.42. The molecule has 0 saturated carbocycles. The molecule has 0 unspecified atom stereocenters. The Bertz CT molecular complexity index is 567. The van der Waals surface area contributed by atoms with Gasteiger partial charge in [-0.05, 0) is 35.9 Å². The maximum atomic E-state index is 13.4. The summed E-state index contributed by atoms with van der Waals surface area (Å²) in [5.74, 6) is 0.0924. The van der Waals surface area contributed by atoms with Crippen molar-refractivity contribution in [2.75, 3.05) is 12.4 Å². The standard InChI is InChI=1S/C15H14FNO2/c1-19-13-8-6-12(7-9-13)17-15(18)10-11-4-2-3-5-14(11)16/h2-9H,10H2,1H3,(H,17,18). The van der Waals surface area contributed by atoms with Crippen LogP contribution in [-0.2, 0) is 11.2 Å². The predicted octanol–water partition coefficient (Wildman–Crippen LogP) is 3.02. The third-order valence-corrected chi connectivity index (χ3v) is 2.68. The first-order valence-electron chi connectivity index (χ1n) is 5.86. The van der Waals surface area contributed by atoms with Crippen molar-refractivity contribution >= 4 is 11.6 Å². The molecule has 0 saturated heterocycles. The highest BCUT2D eigenvalue weighted by Crippen LogP contribution is 2.15. The molecule has 3 nitrogen and oxygen atoms in total. The topological polar surface area (TPSA) is 38.3 Å². The quantitative estimate of drug-likeness (QED) is 0.916. The number of ether oxygens (including phenoxy) is 1. The van der Waals surface area contributed by atoms with Gasteiger partial charge in [0.25, 0.3) is 0 Å². The van der Waals surface area contributed by atoms with Crippen molar-refractivity contribution in [3.05, 3.63) is 59.9 Å². The van der Waals surface area contributed by atoms with Crippen LogP contribution < -0.4 is 10.1 Å². The van der Waals surface area contributed by atoms with E-state index < -0.39 is 0 Å². The summed E-state index contributed by atoms with van der Waals surface area (Å²) >= 11 is 0. The molecule has 19 heavy (non-hydrogen) atoms. The maximum Gasteiger partial charge on any atom is 0.228 e. The first-order valence-corrected chi connectivity index (χ1v) is 5.86. The van der Waals surface area contributed by atoms with Crippen LogP contribution in [-0.4, -0.2) is 13.0 Å². The molecule has 0 fully saturated rings. The van der Waals surface area contributed by atoms with Crippen LogP contribution in [0.3, 0.4) is 0 Å². The first-order chi connectivity index (χ1) is 9.19. The molecule has 98 valence electrons. The SMILES string of the molecule is COc1ccc(NC(=O)Cc2ccccc2F)cc1. The number of benzene rings is 2. The second-order valence-electron chi connectivity index (χ2n) is 4.04. The number of carbonyl (C=O) groups is 1. The van der Waals surface area contributed by atoms with Crippen molar-refractivity contribution < 1.29 is 13.9 Å². The van der Waals surface area contributed by atoms with Gasteiger partial charge in [-0.1, -0.05) is 18.2 Å². The number of hydrogen-bond acceptors (Lipinski definition) is 2. The molecule has 0 radical (unpaired) electrons. The number of anilines is 1. The van der Waals surface area contributed by atoms with Crippen LogP contribution in [0.5, 0.6) is 5.75 Å². The molecule has 0 heterocycles. The number of carbonyl (C=O) groups excluding carboxylic acids is 1. The molecule has 0 aliphatic carbocycles. The van der Waals surface area contributed by atoms with E-state index in [-0.39, 0.29) is 18.1 Å². The Morgan fingerprint density at radius 3 is 2.47 bits per heavy atom. The van der Waals surface area contributed by atoms with Gasteiger partial charge < -0.3 is 10.1 Å². The average molecular weight is 259 g/mol. The van der Waals surface area contributed by atoms with Crippen molar-refractivity contribution in [3.8, 4) is 5.75 Å². The fourth-order valence-electron chi connectivity index (χ4n) is 1.69. The second-order valence-corrected chi connectivity index (χ2v) is 4.04. The first kappa shape index (κ1) is 13.1. The van der Waals surface area contributed by atoms with E-state index in [9.17, 15) is 9.18 Å². The zero-order chi connectivity index (χ0) is 13.7. The highest BCUT2D eigenvalue weighted by Gasteiger charge is 2.07. The van der Waals surface area contributed by atoms with Gasteiger partial charge in [0.2, 0.25) is 5.91 Å². The Balaban J connectivity index is 1.99. The van der Waals surface area contributed by atoms with Crippen LogP contribution in [0.25, 0.3) is 0 Å². The molecule has 0 bridgehead atoms. The summed E-state index contributed by atoms with van der Waals surface area (Å²) < 4.78 is 18.4. The Morgan fingerprint density at radius 1 is 1.16 bits per heavy atom. The van der Waals surface area contributed by atoms with E-state index in [0.29, 0.717) is 17.0 Å². The van der Waals surface area contributed by atoms with E-state index in [4.69, 9.17) is 4.74 Å². The minimum Gasteiger partial charge on any atom is -0.497 e. The molecule has 2 aromatic carbocycles. The fraction of sp³-hybridized carbons (Fsp3) is 0.133. The lowest BCUT2D eigenvalue weighted by molar-refractivity contribution is -0.115. The Morgan fingerprint density at radius 2 is 1.84 bits per heavy atom. The Kier molecular flexibility index (Phi) is 4.13. The van der Waals surface area contributed by atoms with Crippen molar-refractivity contribution in [2.45, 2.75) is 6.42 Å². The normalized spacial score (nSPS) is 10.0. The predicted molar refractivity (Wildman–Crippen MR) is 71.7 cm³/mol. The van der Waals surface area contributed by atoms with Gasteiger partial charge in [-0.15, -0.1) is 0 Å². The summed E-state index contributed by atoms with van der Waals surface area (Å²) in [7, 11) is 1.58. The van der Waals surface area contributed by atoms with Gasteiger partial charge in [-0.3, -0.25) is 4.79 Å². The Hall–Kier alpha value is -2.36. The number of amides is 1. The minimum atomic E-state index is -0.368. The van der Waals surface area contributed by atoms with E-state index in [1.807, 2.05) is 0 Å². The lowest BCUT2D eigenvalue weighted by atomic mass is 10.1. The minimum absolute atomic E-state index is 0.0126. The van der Waals surface area contributed by atoms with Gasteiger partial charge in [-0.2, -0.15) is 0 Å². The van der Waals surface area contributed by atoms with Gasteiger partial charge >= 0.3 is 0 Å². The summed E-state index contributed by atoms with van der Waals surface area (Å²) in [5, 5.41) is 2.71. The van der Waals surface area contributed by atoms with Crippen molar-refractivity contribution in [1.29, 1.82) is 0 Å². The zero-order valence-electron chi connectivity index (χ0n) is 10.5. The van der Waals surface area contributed by atoms with Gasteiger partial charge in [-0.25, -0.2) is 4.39 Å². The summed E-state index contributed by atoms with van der Waals surface area (Å²) in [4.78, 5) is 11.8. The van der Waals surface area contributed by atoms with E-state index in [0.717, 1.165) is 0 Å². The molecule has 0 aliphatic rings. The number of hydrogen-bond donors (Lipinski definition) is 1. The molecule has 0 spiro atoms. The maximum absolute atomic E-state index is 13.4. The number of methoxy groups -OCH3 is 1. The van der Waals surface area contributed by atoms with Crippen LogP contribution in [0, 0.1) is 5.82 Å². The Labute approximate surface area is 111 Å². The van der Waals surface area contributed by atoms with Crippen LogP contribution in [0.4, 0.5) is 10.1 Å². The smallest absolute Gasteiger partial charge is 0.228 e. The van der Waals surface area contributed by atoms with Crippen LogP contribution in [0.15, 0.2) is 48.5 Å². The summed E-state index contributed by atoms with van der Waals surface area (Å²) in [6, 6.07) is 13.2. The summed E-state index contributed by atoms with van der Waals surface area (Å²) in [6.45, 7) is 0. The summed E-state index contributed by atoms with van der Waals surface area (Å²) in [5.41, 5.74) is 1.04. The number of halogens is 1. The molecular formula is C15H14FNO2.